The Hall–Kier alpha value is -3.28. The Morgan fingerprint density at radius 2 is 2.00 bits per heavy atom. The molecule has 3 N–H and O–H groups in total. The third kappa shape index (κ3) is 4.03. The highest BCUT2D eigenvalue weighted by atomic mass is 16.5. The SMILES string of the molecule is CC(C)n1nc(C2CC2)cc1Oc1cc(C#N)ccc1-c1ncc(C(O)CN)cn1. The average molecular weight is 404 g/mol. The van der Waals surface area contributed by atoms with Gasteiger partial charge in [-0.25, -0.2) is 14.6 Å². The molecular formula is C22H24N6O2. The zero-order valence-electron chi connectivity index (χ0n) is 17.0. The zero-order valence-corrected chi connectivity index (χ0v) is 17.0. The second-order valence-electron chi connectivity index (χ2n) is 7.74. The molecule has 3 aromatic rings. The van der Waals surface area contributed by atoms with Crippen molar-refractivity contribution in [3.63, 3.8) is 0 Å². The van der Waals surface area contributed by atoms with E-state index in [0.29, 0.717) is 40.1 Å². The molecule has 0 radical (unpaired) electrons. The van der Waals surface area contributed by atoms with Gasteiger partial charge in [0.25, 0.3) is 0 Å². The van der Waals surface area contributed by atoms with Crippen molar-refractivity contribution in [3.8, 4) is 29.1 Å². The summed E-state index contributed by atoms with van der Waals surface area (Å²) in [5.41, 5.74) is 8.20. The van der Waals surface area contributed by atoms with Crippen molar-refractivity contribution in [2.75, 3.05) is 6.54 Å². The maximum absolute atomic E-state index is 9.87. The van der Waals surface area contributed by atoms with Crippen LogP contribution in [0, 0.1) is 11.3 Å². The second kappa shape index (κ2) is 8.22. The molecule has 0 saturated heterocycles. The first-order chi connectivity index (χ1) is 14.5. The molecule has 1 atom stereocenters. The van der Waals surface area contributed by atoms with Crippen LogP contribution in [0.5, 0.6) is 11.6 Å². The minimum Gasteiger partial charge on any atom is -0.438 e. The fourth-order valence-electron chi connectivity index (χ4n) is 3.18. The average Bonchev–Trinajstić information content (AvgIpc) is 3.53. The summed E-state index contributed by atoms with van der Waals surface area (Å²) in [4.78, 5) is 8.73. The maximum Gasteiger partial charge on any atom is 0.218 e. The van der Waals surface area contributed by atoms with Crippen molar-refractivity contribution < 1.29 is 9.84 Å². The fraction of sp³-hybridized carbons (Fsp3) is 0.364. The molecule has 1 aliphatic carbocycles. The summed E-state index contributed by atoms with van der Waals surface area (Å²) >= 11 is 0. The first kappa shape index (κ1) is 20.0. The Morgan fingerprint density at radius 3 is 2.60 bits per heavy atom. The Labute approximate surface area is 175 Å². The Balaban J connectivity index is 1.72. The molecule has 8 heteroatoms. The van der Waals surface area contributed by atoms with Gasteiger partial charge in [-0.15, -0.1) is 0 Å². The number of nitriles is 1. The summed E-state index contributed by atoms with van der Waals surface area (Å²) in [7, 11) is 0. The van der Waals surface area contributed by atoms with Gasteiger partial charge >= 0.3 is 0 Å². The summed E-state index contributed by atoms with van der Waals surface area (Å²) in [6.07, 6.45) is 4.59. The molecule has 154 valence electrons. The molecule has 1 aliphatic rings. The molecule has 0 aliphatic heterocycles. The molecule has 0 amide bonds. The van der Waals surface area contributed by atoms with Crippen molar-refractivity contribution in [1.82, 2.24) is 19.7 Å². The van der Waals surface area contributed by atoms with Gasteiger partial charge in [-0.2, -0.15) is 10.4 Å². The van der Waals surface area contributed by atoms with Crippen molar-refractivity contribution in [3.05, 3.63) is 53.5 Å². The van der Waals surface area contributed by atoms with Gasteiger partial charge in [0.05, 0.1) is 35.0 Å². The molecular weight excluding hydrogens is 380 g/mol. The standard InChI is InChI=1S/C22H24N6O2/c1-13(2)28-21(8-18(27-28)15-4-5-15)30-20-7-14(9-23)3-6-17(20)22-25-11-16(12-26-22)19(29)10-24/h3,6-8,11-13,15,19,29H,4-5,10,24H2,1-2H3. The zero-order chi connectivity index (χ0) is 21.3. The summed E-state index contributed by atoms with van der Waals surface area (Å²) in [6, 6.07) is 9.38. The van der Waals surface area contributed by atoms with Crippen LogP contribution in [0.25, 0.3) is 11.4 Å². The lowest BCUT2D eigenvalue weighted by Gasteiger charge is -2.14. The topological polar surface area (TPSA) is 123 Å². The lowest BCUT2D eigenvalue weighted by Crippen LogP contribution is -2.12. The van der Waals surface area contributed by atoms with Gasteiger partial charge in [-0.3, -0.25) is 0 Å². The number of hydrogen-bond donors (Lipinski definition) is 2. The molecule has 2 heterocycles. The lowest BCUT2D eigenvalue weighted by molar-refractivity contribution is 0.186. The number of aromatic nitrogens is 4. The van der Waals surface area contributed by atoms with E-state index in [1.165, 1.54) is 0 Å². The fourth-order valence-corrected chi connectivity index (χ4v) is 3.18. The van der Waals surface area contributed by atoms with E-state index in [2.05, 4.69) is 16.0 Å². The van der Waals surface area contributed by atoms with E-state index < -0.39 is 6.10 Å². The first-order valence-corrected chi connectivity index (χ1v) is 10.0. The Bertz CT molecular complexity index is 1080. The number of nitrogens with two attached hydrogens (primary N) is 1. The van der Waals surface area contributed by atoms with E-state index in [1.54, 1.807) is 30.6 Å². The summed E-state index contributed by atoms with van der Waals surface area (Å²) in [5.74, 6) is 2.03. The third-order valence-electron chi connectivity index (χ3n) is 5.05. The second-order valence-corrected chi connectivity index (χ2v) is 7.74. The van der Waals surface area contributed by atoms with Gasteiger partial charge in [0.1, 0.15) is 5.75 Å². The minimum atomic E-state index is -0.808. The van der Waals surface area contributed by atoms with Gasteiger partial charge in [0, 0.05) is 36.5 Å². The van der Waals surface area contributed by atoms with Crippen LogP contribution in [0.2, 0.25) is 0 Å². The number of ether oxygens (including phenoxy) is 1. The monoisotopic (exact) mass is 404 g/mol. The largest absolute Gasteiger partial charge is 0.438 e. The van der Waals surface area contributed by atoms with Crippen LogP contribution in [0.3, 0.4) is 0 Å². The lowest BCUT2D eigenvalue weighted by atomic mass is 10.1. The van der Waals surface area contributed by atoms with Crippen LogP contribution in [0.1, 0.15) is 61.6 Å². The van der Waals surface area contributed by atoms with E-state index >= 15 is 0 Å². The number of rotatable bonds is 7. The van der Waals surface area contributed by atoms with E-state index in [9.17, 15) is 10.4 Å². The van der Waals surface area contributed by atoms with Crippen LogP contribution >= 0.6 is 0 Å². The van der Waals surface area contributed by atoms with Gasteiger partial charge in [-0.1, -0.05) is 0 Å². The van der Waals surface area contributed by atoms with Crippen molar-refractivity contribution in [2.24, 2.45) is 5.73 Å². The van der Waals surface area contributed by atoms with Crippen molar-refractivity contribution in [1.29, 1.82) is 5.26 Å². The highest BCUT2D eigenvalue weighted by Crippen LogP contribution is 2.42. The molecule has 1 unspecified atom stereocenters. The third-order valence-corrected chi connectivity index (χ3v) is 5.05. The molecule has 1 aromatic carbocycles. The molecule has 0 bridgehead atoms. The van der Waals surface area contributed by atoms with Gasteiger partial charge in [0.15, 0.2) is 5.82 Å². The molecule has 1 fully saturated rings. The molecule has 1 saturated carbocycles. The Morgan fingerprint density at radius 1 is 1.27 bits per heavy atom. The van der Waals surface area contributed by atoms with Crippen LogP contribution in [-0.2, 0) is 0 Å². The van der Waals surface area contributed by atoms with Crippen LogP contribution in [0.15, 0.2) is 36.7 Å². The van der Waals surface area contributed by atoms with E-state index in [-0.39, 0.29) is 12.6 Å². The van der Waals surface area contributed by atoms with Crippen LogP contribution in [-0.4, -0.2) is 31.4 Å². The van der Waals surface area contributed by atoms with E-state index in [4.69, 9.17) is 15.6 Å². The van der Waals surface area contributed by atoms with Crippen LogP contribution < -0.4 is 10.5 Å². The van der Waals surface area contributed by atoms with Crippen molar-refractivity contribution in [2.45, 2.75) is 44.8 Å². The van der Waals surface area contributed by atoms with Crippen molar-refractivity contribution >= 4 is 0 Å². The number of hydrogen-bond acceptors (Lipinski definition) is 7. The van der Waals surface area contributed by atoms with E-state index in [0.717, 1.165) is 18.5 Å². The Kier molecular flexibility index (Phi) is 5.48. The van der Waals surface area contributed by atoms with Gasteiger partial charge in [0.2, 0.25) is 5.88 Å². The number of aliphatic hydroxyl groups is 1. The van der Waals surface area contributed by atoms with E-state index in [1.807, 2.05) is 24.6 Å². The number of nitrogens with zero attached hydrogens (tertiary/aromatic N) is 5. The molecule has 8 nitrogen and oxygen atoms in total. The summed E-state index contributed by atoms with van der Waals surface area (Å²) < 4.78 is 8.12. The smallest absolute Gasteiger partial charge is 0.218 e. The highest BCUT2D eigenvalue weighted by Gasteiger charge is 2.28. The number of aliphatic hydroxyl groups excluding tert-OH is 1. The molecule has 0 spiro atoms. The molecule has 2 aromatic heterocycles. The minimum absolute atomic E-state index is 0.0937. The molecule has 30 heavy (non-hydrogen) atoms. The first-order valence-electron chi connectivity index (χ1n) is 10.0. The summed E-state index contributed by atoms with van der Waals surface area (Å²) in [5, 5.41) is 23.9. The number of benzene rings is 1. The maximum atomic E-state index is 9.87. The molecule has 4 rings (SSSR count). The quantitative estimate of drug-likeness (QED) is 0.618. The summed E-state index contributed by atoms with van der Waals surface area (Å²) in [6.45, 7) is 4.19. The predicted molar refractivity (Wildman–Crippen MR) is 111 cm³/mol. The highest BCUT2D eigenvalue weighted by molar-refractivity contribution is 5.66. The predicted octanol–water partition coefficient (Wildman–Crippen LogP) is 3.45. The normalized spacial score (nSPS) is 14.5. The van der Waals surface area contributed by atoms with Crippen LogP contribution in [0.4, 0.5) is 0 Å². The van der Waals surface area contributed by atoms with Gasteiger partial charge < -0.3 is 15.6 Å². The van der Waals surface area contributed by atoms with Gasteiger partial charge in [-0.05, 0) is 44.9 Å².